The Kier molecular flexibility index (Phi) is 3.05. The lowest BCUT2D eigenvalue weighted by Crippen LogP contribution is -1.85. The number of hydrogen-bond acceptors (Lipinski definition) is 3. The number of rotatable bonds is 3. The Bertz CT molecular complexity index is 500. The van der Waals surface area contributed by atoms with Gasteiger partial charge in [0.25, 0.3) is 0 Å². The number of ether oxygens (including phenoxy) is 1. The third kappa shape index (κ3) is 2.31. The van der Waals surface area contributed by atoms with Gasteiger partial charge in [0, 0.05) is 11.6 Å². The van der Waals surface area contributed by atoms with E-state index in [0.717, 1.165) is 22.8 Å². The molecular formula is C13H13NO2. The Morgan fingerprint density at radius 2 is 2.06 bits per heavy atom. The Balaban J connectivity index is 2.23. The first-order chi connectivity index (χ1) is 7.79. The van der Waals surface area contributed by atoms with Crippen LogP contribution in [0.2, 0.25) is 0 Å². The summed E-state index contributed by atoms with van der Waals surface area (Å²) >= 11 is 0. The maximum Gasteiger partial charge on any atom is 0.159 e. The summed E-state index contributed by atoms with van der Waals surface area (Å²) in [5, 5.41) is 3.81. The number of methoxy groups -OCH3 is 1. The molecule has 0 atom stereocenters. The quantitative estimate of drug-likeness (QED) is 0.788. The van der Waals surface area contributed by atoms with E-state index in [9.17, 15) is 0 Å². The summed E-state index contributed by atoms with van der Waals surface area (Å²) in [6.45, 7) is 1.89. The van der Waals surface area contributed by atoms with E-state index < -0.39 is 0 Å². The van der Waals surface area contributed by atoms with Crippen LogP contribution in [0.25, 0.3) is 12.2 Å². The fourth-order valence-electron chi connectivity index (χ4n) is 1.44. The molecule has 16 heavy (non-hydrogen) atoms. The lowest BCUT2D eigenvalue weighted by atomic mass is 10.2. The second-order valence-corrected chi connectivity index (χ2v) is 3.45. The summed E-state index contributed by atoms with van der Waals surface area (Å²) in [5.74, 6) is 1.58. The van der Waals surface area contributed by atoms with Gasteiger partial charge in [0.05, 0.1) is 12.8 Å². The standard InChI is InChI=1S/C13H13NO2/c1-10-9-12(16-14-10)8-7-11-5-3-4-6-13(11)15-2/h3-9H,1-2H3/b8-7+. The first kappa shape index (κ1) is 10.5. The van der Waals surface area contributed by atoms with Crippen LogP contribution in [-0.2, 0) is 0 Å². The molecule has 0 aliphatic heterocycles. The lowest BCUT2D eigenvalue weighted by molar-refractivity contribution is 0.408. The van der Waals surface area contributed by atoms with Gasteiger partial charge in [-0.25, -0.2) is 0 Å². The number of aryl methyl sites for hydroxylation is 1. The minimum absolute atomic E-state index is 0.739. The molecule has 0 N–H and O–H groups in total. The number of para-hydroxylation sites is 1. The third-order valence-corrected chi connectivity index (χ3v) is 2.21. The highest BCUT2D eigenvalue weighted by atomic mass is 16.5. The zero-order valence-electron chi connectivity index (χ0n) is 9.31. The molecule has 0 saturated carbocycles. The monoisotopic (exact) mass is 215 g/mol. The van der Waals surface area contributed by atoms with E-state index >= 15 is 0 Å². The van der Waals surface area contributed by atoms with Crippen molar-refractivity contribution in [2.75, 3.05) is 7.11 Å². The predicted octanol–water partition coefficient (Wildman–Crippen LogP) is 3.16. The summed E-state index contributed by atoms with van der Waals surface area (Å²) < 4.78 is 10.3. The van der Waals surface area contributed by atoms with E-state index in [2.05, 4.69) is 5.16 Å². The second kappa shape index (κ2) is 4.66. The zero-order chi connectivity index (χ0) is 11.4. The van der Waals surface area contributed by atoms with Crippen LogP contribution in [0.3, 0.4) is 0 Å². The van der Waals surface area contributed by atoms with Crippen molar-refractivity contribution in [3.8, 4) is 5.75 Å². The highest BCUT2D eigenvalue weighted by Crippen LogP contribution is 2.20. The maximum absolute atomic E-state index is 5.24. The van der Waals surface area contributed by atoms with Gasteiger partial charge in [0.1, 0.15) is 5.75 Å². The van der Waals surface area contributed by atoms with Gasteiger partial charge in [-0.2, -0.15) is 0 Å². The average Bonchev–Trinajstić information content (AvgIpc) is 2.73. The van der Waals surface area contributed by atoms with Crippen molar-refractivity contribution < 1.29 is 9.26 Å². The summed E-state index contributed by atoms with van der Waals surface area (Å²) in [6, 6.07) is 9.69. The molecule has 0 bridgehead atoms. The Morgan fingerprint density at radius 1 is 1.25 bits per heavy atom. The molecule has 2 aromatic rings. The average molecular weight is 215 g/mol. The SMILES string of the molecule is COc1ccccc1/C=C/c1cc(C)no1. The van der Waals surface area contributed by atoms with Gasteiger partial charge in [-0.05, 0) is 25.1 Å². The zero-order valence-corrected chi connectivity index (χ0v) is 9.31. The smallest absolute Gasteiger partial charge is 0.159 e. The summed E-state index contributed by atoms with van der Waals surface area (Å²) in [6.07, 6.45) is 3.82. The van der Waals surface area contributed by atoms with Crippen LogP contribution >= 0.6 is 0 Å². The topological polar surface area (TPSA) is 35.3 Å². The van der Waals surface area contributed by atoms with Gasteiger partial charge in [-0.1, -0.05) is 23.4 Å². The van der Waals surface area contributed by atoms with Crippen LogP contribution in [0.5, 0.6) is 5.75 Å². The van der Waals surface area contributed by atoms with E-state index in [0.29, 0.717) is 0 Å². The Labute approximate surface area is 94.3 Å². The van der Waals surface area contributed by atoms with Gasteiger partial charge < -0.3 is 9.26 Å². The van der Waals surface area contributed by atoms with E-state index in [1.165, 1.54) is 0 Å². The number of hydrogen-bond donors (Lipinski definition) is 0. The molecule has 0 amide bonds. The molecule has 3 heteroatoms. The second-order valence-electron chi connectivity index (χ2n) is 3.45. The van der Waals surface area contributed by atoms with Crippen molar-refractivity contribution in [3.63, 3.8) is 0 Å². The molecule has 82 valence electrons. The molecule has 1 heterocycles. The van der Waals surface area contributed by atoms with Crippen LogP contribution in [0.15, 0.2) is 34.9 Å². The van der Waals surface area contributed by atoms with Crippen molar-refractivity contribution in [3.05, 3.63) is 47.3 Å². The predicted molar refractivity (Wildman–Crippen MR) is 63.2 cm³/mol. The van der Waals surface area contributed by atoms with Crippen molar-refractivity contribution in [1.82, 2.24) is 5.16 Å². The van der Waals surface area contributed by atoms with Gasteiger partial charge in [-0.3, -0.25) is 0 Å². The molecule has 0 fully saturated rings. The normalized spacial score (nSPS) is 10.9. The molecule has 0 unspecified atom stereocenters. The summed E-state index contributed by atoms with van der Waals surface area (Å²) in [7, 11) is 1.66. The molecule has 2 rings (SSSR count). The van der Waals surface area contributed by atoms with Gasteiger partial charge >= 0.3 is 0 Å². The van der Waals surface area contributed by atoms with Crippen molar-refractivity contribution >= 4 is 12.2 Å². The highest BCUT2D eigenvalue weighted by molar-refractivity contribution is 5.70. The van der Waals surface area contributed by atoms with E-state index in [-0.39, 0.29) is 0 Å². The van der Waals surface area contributed by atoms with Crippen molar-refractivity contribution in [2.45, 2.75) is 6.92 Å². The first-order valence-corrected chi connectivity index (χ1v) is 5.04. The van der Waals surface area contributed by atoms with Crippen LogP contribution < -0.4 is 4.74 Å². The Hall–Kier alpha value is -2.03. The van der Waals surface area contributed by atoms with Crippen molar-refractivity contribution in [2.24, 2.45) is 0 Å². The largest absolute Gasteiger partial charge is 0.496 e. The fourth-order valence-corrected chi connectivity index (χ4v) is 1.44. The molecule has 0 aliphatic rings. The molecule has 1 aromatic carbocycles. The van der Waals surface area contributed by atoms with Crippen LogP contribution in [0.4, 0.5) is 0 Å². The van der Waals surface area contributed by atoms with Crippen LogP contribution in [-0.4, -0.2) is 12.3 Å². The fraction of sp³-hybridized carbons (Fsp3) is 0.154. The maximum atomic E-state index is 5.24. The number of benzene rings is 1. The van der Waals surface area contributed by atoms with E-state index in [1.54, 1.807) is 7.11 Å². The van der Waals surface area contributed by atoms with Crippen LogP contribution in [0.1, 0.15) is 17.0 Å². The van der Waals surface area contributed by atoms with Crippen LogP contribution in [0, 0.1) is 6.92 Å². The molecule has 1 aromatic heterocycles. The van der Waals surface area contributed by atoms with Gasteiger partial charge in [-0.15, -0.1) is 0 Å². The molecule has 0 aliphatic carbocycles. The summed E-state index contributed by atoms with van der Waals surface area (Å²) in [5.41, 5.74) is 1.89. The van der Waals surface area contributed by atoms with E-state index in [4.69, 9.17) is 9.26 Å². The highest BCUT2D eigenvalue weighted by Gasteiger charge is 1.98. The first-order valence-electron chi connectivity index (χ1n) is 5.04. The molecule has 3 nitrogen and oxygen atoms in total. The molecular weight excluding hydrogens is 202 g/mol. The number of aromatic nitrogens is 1. The van der Waals surface area contributed by atoms with Crippen molar-refractivity contribution in [1.29, 1.82) is 0 Å². The minimum Gasteiger partial charge on any atom is -0.496 e. The summed E-state index contributed by atoms with van der Waals surface area (Å²) in [4.78, 5) is 0. The number of nitrogens with zero attached hydrogens (tertiary/aromatic N) is 1. The van der Waals surface area contributed by atoms with E-state index in [1.807, 2.05) is 49.4 Å². The van der Waals surface area contributed by atoms with Gasteiger partial charge in [0.2, 0.25) is 0 Å². The molecule has 0 radical (unpaired) electrons. The Morgan fingerprint density at radius 3 is 2.75 bits per heavy atom. The minimum atomic E-state index is 0.739. The van der Waals surface area contributed by atoms with Gasteiger partial charge in [0.15, 0.2) is 5.76 Å². The molecule has 0 spiro atoms. The molecule has 0 saturated heterocycles. The third-order valence-electron chi connectivity index (χ3n) is 2.21. The lowest BCUT2D eigenvalue weighted by Gasteiger charge is -2.02.